The fraction of sp³-hybridized carbons (Fsp3) is 0.500. The monoisotopic (exact) mass is 289 g/mol. The van der Waals surface area contributed by atoms with Gasteiger partial charge in [-0.2, -0.15) is 0 Å². The van der Waals surface area contributed by atoms with Crippen molar-refractivity contribution >= 4 is 11.8 Å². The van der Waals surface area contributed by atoms with Crippen LogP contribution in [-0.4, -0.2) is 53.8 Å². The zero-order valence-corrected chi connectivity index (χ0v) is 12.5. The first-order valence-corrected chi connectivity index (χ1v) is 7.41. The molecule has 0 aromatic heterocycles. The van der Waals surface area contributed by atoms with Gasteiger partial charge in [-0.1, -0.05) is 30.3 Å². The number of nitrogens with zero attached hydrogens (tertiary/aromatic N) is 2. The highest BCUT2D eigenvalue weighted by Gasteiger charge is 2.24. The first-order chi connectivity index (χ1) is 10.1. The van der Waals surface area contributed by atoms with Gasteiger partial charge in [0.15, 0.2) is 0 Å². The zero-order valence-electron chi connectivity index (χ0n) is 12.5. The molecule has 0 saturated carbocycles. The predicted molar refractivity (Wildman–Crippen MR) is 81.6 cm³/mol. The molecule has 1 saturated heterocycles. The molecular weight excluding hydrogens is 266 g/mol. The van der Waals surface area contributed by atoms with Gasteiger partial charge in [0, 0.05) is 33.1 Å². The van der Waals surface area contributed by atoms with Crippen LogP contribution in [0.1, 0.15) is 18.9 Å². The van der Waals surface area contributed by atoms with Gasteiger partial charge in [-0.05, 0) is 18.4 Å². The Morgan fingerprint density at radius 1 is 1.10 bits per heavy atom. The molecule has 2 amide bonds. The third-order valence-corrected chi connectivity index (χ3v) is 3.87. The number of benzene rings is 1. The molecule has 5 heteroatoms. The highest BCUT2D eigenvalue weighted by molar-refractivity contribution is 5.82. The molecule has 1 aliphatic heterocycles. The number of rotatable bonds is 3. The molecule has 1 heterocycles. The Morgan fingerprint density at radius 2 is 1.71 bits per heavy atom. The molecule has 2 N–H and O–H groups in total. The molecule has 1 fully saturated rings. The third kappa shape index (κ3) is 4.29. The molecule has 0 radical (unpaired) electrons. The minimum Gasteiger partial charge on any atom is -0.341 e. The lowest BCUT2D eigenvalue weighted by Gasteiger charge is -2.24. The minimum absolute atomic E-state index is 0.0238. The highest BCUT2D eigenvalue weighted by Crippen LogP contribution is 2.08. The summed E-state index contributed by atoms with van der Waals surface area (Å²) < 4.78 is 0. The van der Waals surface area contributed by atoms with E-state index in [-0.39, 0.29) is 11.8 Å². The lowest BCUT2D eigenvalue weighted by molar-refractivity contribution is -0.133. The van der Waals surface area contributed by atoms with Crippen LogP contribution in [0.2, 0.25) is 0 Å². The molecule has 0 aliphatic carbocycles. The zero-order chi connectivity index (χ0) is 15.2. The number of nitrogens with two attached hydrogens (primary N) is 1. The Hall–Kier alpha value is -1.88. The number of hydrogen-bond donors (Lipinski definition) is 1. The third-order valence-electron chi connectivity index (χ3n) is 3.87. The maximum Gasteiger partial charge on any atom is 0.239 e. The number of hydrogen-bond acceptors (Lipinski definition) is 3. The van der Waals surface area contributed by atoms with Crippen molar-refractivity contribution in [1.82, 2.24) is 9.80 Å². The van der Waals surface area contributed by atoms with E-state index >= 15 is 0 Å². The van der Waals surface area contributed by atoms with Crippen LogP contribution in [0.4, 0.5) is 0 Å². The van der Waals surface area contributed by atoms with Crippen LogP contribution in [0.25, 0.3) is 0 Å². The first kappa shape index (κ1) is 15.5. The average molecular weight is 289 g/mol. The SMILES string of the molecule is CC(=O)N1CCCN(C(=O)C(N)Cc2ccccc2)CC1. The summed E-state index contributed by atoms with van der Waals surface area (Å²) in [5.74, 6) is 0.0436. The Bertz CT molecular complexity index is 490. The van der Waals surface area contributed by atoms with E-state index in [9.17, 15) is 9.59 Å². The first-order valence-electron chi connectivity index (χ1n) is 7.41. The van der Waals surface area contributed by atoms with Gasteiger partial charge in [0.05, 0.1) is 6.04 Å². The molecule has 2 rings (SSSR count). The molecule has 5 nitrogen and oxygen atoms in total. The second-order valence-electron chi connectivity index (χ2n) is 5.48. The maximum absolute atomic E-state index is 12.4. The van der Waals surface area contributed by atoms with Gasteiger partial charge in [0.1, 0.15) is 0 Å². The van der Waals surface area contributed by atoms with Crippen LogP contribution in [0, 0.1) is 0 Å². The lowest BCUT2D eigenvalue weighted by Crippen LogP contribution is -2.46. The Morgan fingerprint density at radius 3 is 2.38 bits per heavy atom. The van der Waals surface area contributed by atoms with E-state index in [1.165, 1.54) is 0 Å². The molecule has 1 unspecified atom stereocenters. The van der Waals surface area contributed by atoms with Crippen molar-refractivity contribution in [3.05, 3.63) is 35.9 Å². The fourth-order valence-corrected chi connectivity index (χ4v) is 2.64. The number of carbonyl (C=O) groups is 2. The molecule has 1 aliphatic rings. The summed E-state index contributed by atoms with van der Waals surface area (Å²) in [6, 6.07) is 9.28. The topological polar surface area (TPSA) is 66.6 Å². The van der Waals surface area contributed by atoms with E-state index in [1.54, 1.807) is 16.7 Å². The van der Waals surface area contributed by atoms with Crippen LogP contribution in [0.15, 0.2) is 30.3 Å². The van der Waals surface area contributed by atoms with Crippen molar-refractivity contribution in [3.63, 3.8) is 0 Å². The quantitative estimate of drug-likeness (QED) is 0.888. The summed E-state index contributed by atoms with van der Waals surface area (Å²) in [7, 11) is 0. The second kappa shape index (κ2) is 7.22. The van der Waals surface area contributed by atoms with Crippen LogP contribution in [0.5, 0.6) is 0 Å². The standard InChI is InChI=1S/C16H23N3O2/c1-13(20)18-8-5-9-19(11-10-18)16(21)15(17)12-14-6-3-2-4-7-14/h2-4,6-7,15H,5,8-12,17H2,1H3. The molecule has 0 spiro atoms. The molecule has 21 heavy (non-hydrogen) atoms. The Balaban J connectivity index is 1.91. The molecule has 0 bridgehead atoms. The van der Waals surface area contributed by atoms with Crippen LogP contribution >= 0.6 is 0 Å². The highest BCUT2D eigenvalue weighted by atomic mass is 16.2. The Labute approximate surface area is 125 Å². The van der Waals surface area contributed by atoms with Crippen molar-refractivity contribution in [3.8, 4) is 0 Å². The molecule has 1 aromatic carbocycles. The van der Waals surface area contributed by atoms with Crippen molar-refractivity contribution < 1.29 is 9.59 Å². The van der Waals surface area contributed by atoms with Crippen LogP contribution in [0.3, 0.4) is 0 Å². The van der Waals surface area contributed by atoms with E-state index in [4.69, 9.17) is 5.73 Å². The molecule has 114 valence electrons. The normalized spacial score (nSPS) is 17.2. The summed E-state index contributed by atoms with van der Waals surface area (Å²) in [5, 5.41) is 0. The minimum atomic E-state index is -0.517. The van der Waals surface area contributed by atoms with E-state index in [2.05, 4.69) is 0 Å². The molecule has 1 aromatic rings. The van der Waals surface area contributed by atoms with Gasteiger partial charge in [0.25, 0.3) is 0 Å². The number of carbonyl (C=O) groups excluding carboxylic acids is 2. The van der Waals surface area contributed by atoms with Crippen LogP contribution in [-0.2, 0) is 16.0 Å². The van der Waals surface area contributed by atoms with E-state index in [1.807, 2.05) is 30.3 Å². The summed E-state index contributed by atoms with van der Waals surface area (Å²) in [6.45, 7) is 4.12. The van der Waals surface area contributed by atoms with Crippen molar-refractivity contribution in [1.29, 1.82) is 0 Å². The second-order valence-corrected chi connectivity index (χ2v) is 5.48. The molecule has 1 atom stereocenters. The van der Waals surface area contributed by atoms with Gasteiger partial charge < -0.3 is 15.5 Å². The number of amides is 2. The summed E-state index contributed by atoms with van der Waals surface area (Å²) in [6.07, 6.45) is 1.36. The largest absolute Gasteiger partial charge is 0.341 e. The summed E-state index contributed by atoms with van der Waals surface area (Å²) >= 11 is 0. The smallest absolute Gasteiger partial charge is 0.239 e. The van der Waals surface area contributed by atoms with Crippen molar-refractivity contribution in [2.24, 2.45) is 5.73 Å². The summed E-state index contributed by atoms with van der Waals surface area (Å²) in [4.78, 5) is 27.4. The van der Waals surface area contributed by atoms with Crippen molar-refractivity contribution in [2.45, 2.75) is 25.8 Å². The van der Waals surface area contributed by atoms with Crippen molar-refractivity contribution in [2.75, 3.05) is 26.2 Å². The Kier molecular flexibility index (Phi) is 5.33. The van der Waals surface area contributed by atoms with E-state index < -0.39 is 6.04 Å². The maximum atomic E-state index is 12.4. The lowest BCUT2D eigenvalue weighted by atomic mass is 10.1. The van der Waals surface area contributed by atoms with Gasteiger partial charge in [0.2, 0.25) is 11.8 Å². The predicted octanol–water partition coefficient (Wildman–Crippen LogP) is 0.637. The van der Waals surface area contributed by atoms with Gasteiger partial charge in [-0.25, -0.2) is 0 Å². The average Bonchev–Trinajstić information content (AvgIpc) is 2.73. The van der Waals surface area contributed by atoms with Crippen LogP contribution < -0.4 is 5.73 Å². The van der Waals surface area contributed by atoms with E-state index in [0.717, 1.165) is 12.0 Å². The van der Waals surface area contributed by atoms with Gasteiger partial charge in [-0.3, -0.25) is 9.59 Å². The van der Waals surface area contributed by atoms with Gasteiger partial charge >= 0.3 is 0 Å². The summed E-state index contributed by atoms with van der Waals surface area (Å²) in [5.41, 5.74) is 7.12. The van der Waals surface area contributed by atoms with E-state index in [0.29, 0.717) is 32.6 Å². The fourth-order valence-electron chi connectivity index (χ4n) is 2.64. The molecular formula is C16H23N3O2. The van der Waals surface area contributed by atoms with Gasteiger partial charge in [-0.15, -0.1) is 0 Å².